The minimum absolute atomic E-state index is 0.190. The maximum absolute atomic E-state index is 13.6. The number of aromatic amines is 1. The number of nitrogens with one attached hydrogen (secondary N) is 3. The standard InChI is InChI=1S/C24H22ClN5O4/c1-13-6-7-30(11-13)34-14-4-5-15(17(25)8-14)21(31)16-9-26-22-19(16)20-18(10-27-22)28-23(32)24(2,29-20)12-33-3/h4-11,29H,12H2,1-3H3,(H,26,27)(H,28,32)/t24-/m0/s1/i3D3. The molecule has 3 N–H and O–H groups in total. The minimum Gasteiger partial charge on any atom is -0.382 e. The number of hydrogen-bond donors (Lipinski definition) is 3. The van der Waals surface area contributed by atoms with Crippen LogP contribution in [-0.2, 0) is 9.53 Å². The quantitative estimate of drug-likeness (QED) is 0.356. The Morgan fingerprint density at radius 3 is 2.91 bits per heavy atom. The van der Waals surface area contributed by atoms with Crippen molar-refractivity contribution in [3.8, 4) is 5.75 Å². The second kappa shape index (κ2) is 8.19. The van der Waals surface area contributed by atoms with Gasteiger partial charge < -0.3 is 25.2 Å². The molecule has 10 heteroatoms. The Bertz CT molecular complexity index is 1550. The maximum Gasteiger partial charge on any atom is 0.252 e. The number of aromatic nitrogens is 3. The zero-order chi connectivity index (χ0) is 26.5. The predicted molar refractivity (Wildman–Crippen MR) is 129 cm³/mol. The molecule has 4 aromatic rings. The van der Waals surface area contributed by atoms with Gasteiger partial charge in [-0.05, 0) is 37.6 Å². The molecule has 1 amide bonds. The number of methoxy groups -OCH3 is 1. The molecule has 4 heterocycles. The smallest absolute Gasteiger partial charge is 0.252 e. The van der Waals surface area contributed by atoms with Gasteiger partial charge in [-0.2, -0.15) is 4.73 Å². The Kier molecular flexibility index (Phi) is 4.48. The van der Waals surface area contributed by atoms with E-state index in [9.17, 15) is 9.59 Å². The third-order valence-corrected chi connectivity index (χ3v) is 5.98. The highest BCUT2D eigenvalue weighted by atomic mass is 35.5. The summed E-state index contributed by atoms with van der Waals surface area (Å²) in [6.45, 7) is 3.02. The highest BCUT2D eigenvalue weighted by Crippen LogP contribution is 2.39. The molecule has 9 nitrogen and oxygen atoms in total. The van der Waals surface area contributed by atoms with Crippen molar-refractivity contribution < 1.29 is 23.3 Å². The molecule has 5 rings (SSSR count). The molecule has 0 radical (unpaired) electrons. The number of anilines is 2. The Labute approximate surface area is 204 Å². The molecule has 1 aromatic carbocycles. The Balaban J connectivity index is 1.49. The van der Waals surface area contributed by atoms with Crippen molar-refractivity contribution in [1.29, 1.82) is 0 Å². The molecule has 0 aliphatic carbocycles. The molecule has 0 bridgehead atoms. The molecule has 1 aliphatic rings. The number of amides is 1. The summed E-state index contributed by atoms with van der Waals surface area (Å²) in [7, 11) is -2.68. The summed E-state index contributed by atoms with van der Waals surface area (Å²) in [5.74, 6) is -0.427. The van der Waals surface area contributed by atoms with Gasteiger partial charge in [-0.15, -0.1) is 0 Å². The lowest BCUT2D eigenvalue weighted by Crippen LogP contribution is -2.53. The zero-order valence-electron chi connectivity index (χ0n) is 21.2. The van der Waals surface area contributed by atoms with Crippen LogP contribution in [0.2, 0.25) is 5.02 Å². The minimum atomic E-state index is -2.68. The number of halogens is 1. The number of nitrogens with zero attached hydrogens (tertiary/aromatic N) is 2. The number of ether oxygens (including phenoxy) is 1. The number of H-pyrrole nitrogens is 1. The molecule has 0 saturated carbocycles. The molecule has 34 heavy (non-hydrogen) atoms. The highest BCUT2D eigenvalue weighted by Gasteiger charge is 2.39. The first-order valence-electron chi connectivity index (χ1n) is 11.8. The normalized spacial score (nSPS) is 18.9. The van der Waals surface area contributed by atoms with Crippen LogP contribution in [0.4, 0.5) is 11.4 Å². The van der Waals surface area contributed by atoms with Crippen LogP contribution in [0.5, 0.6) is 5.75 Å². The highest BCUT2D eigenvalue weighted by molar-refractivity contribution is 6.36. The van der Waals surface area contributed by atoms with Gasteiger partial charge in [0.2, 0.25) is 0 Å². The lowest BCUT2D eigenvalue weighted by molar-refractivity contribution is -0.121. The molecule has 0 spiro atoms. The first-order valence-corrected chi connectivity index (χ1v) is 10.7. The van der Waals surface area contributed by atoms with Gasteiger partial charge in [0.05, 0.1) is 44.3 Å². The van der Waals surface area contributed by atoms with Gasteiger partial charge in [0, 0.05) is 37.3 Å². The number of aryl methyl sites for hydroxylation is 1. The van der Waals surface area contributed by atoms with Crippen LogP contribution in [0, 0.1) is 6.92 Å². The number of hydrogen-bond acceptors (Lipinski definition) is 6. The SMILES string of the molecule is [2H]C([2H])([2H])OC[C@]1(C)Nc2c(cnc3[nH]cc(C(=O)c4ccc(On5ccc(C)c5)cc4Cl)c23)NC1=O. The topological polar surface area (TPSA) is 110 Å². The first kappa shape index (κ1) is 18.6. The average molecular weight is 483 g/mol. The van der Waals surface area contributed by atoms with Crippen LogP contribution in [0.1, 0.15) is 32.5 Å². The van der Waals surface area contributed by atoms with Gasteiger partial charge in [-0.25, -0.2) is 4.98 Å². The largest absolute Gasteiger partial charge is 0.382 e. The van der Waals surface area contributed by atoms with Crippen molar-refractivity contribution in [2.24, 2.45) is 0 Å². The summed E-state index contributed by atoms with van der Waals surface area (Å²) in [6.07, 6.45) is 6.52. The molecule has 1 atom stereocenters. The van der Waals surface area contributed by atoms with Crippen molar-refractivity contribution in [2.75, 3.05) is 24.3 Å². The van der Waals surface area contributed by atoms with Gasteiger partial charge in [0.1, 0.15) is 11.2 Å². The lowest BCUT2D eigenvalue weighted by atomic mass is 9.96. The molecular weight excluding hydrogens is 458 g/mol. The number of carbonyl (C=O) groups excluding carboxylic acids is 2. The van der Waals surface area contributed by atoms with Gasteiger partial charge in [0.25, 0.3) is 5.91 Å². The van der Waals surface area contributed by atoms with Crippen LogP contribution in [-0.4, -0.2) is 45.6 Å². The second-order valence-electron chi connectivity index (χ2n) is 8.28. The van der Waals surface area contributed by atoms with Crippen LogP contribution in [0.3, 0.4) is 0 Å². The van der Waals surface area contributed by atoms with Crippen molar-refractivity contribution in [2.45, 2.75) is 19.4 Å². The second-order valence-corrected chi connectivity index (χ2v) is 8.69. The van der Waals surface area contributed by atoms with Gasteiger partial charge in [0.15, 0.2) is 11.5 Å². The molecular formula is C24H22ClN5O4. The van der Waals surface area contributed by atoms with Crippen LogP contribution < -0.4 is 15.5 Å². The van der Waals surface area contributed by atoms with E-state index in [1.807, 2.05) is 13.0 Å². The summed E-state index contributed by atoms with van der Waals surface area (Å²) < 4.78 is 28.4. The fourth-order valence-corrected chi connectivity index (χ4v) is 4.13. The molecule has 0 fully saturated rings. The van der Waals surface area contributed by atoms with E-state index in [0.29, 0.717) is 28.2 Å². The van der Waals surface area contributed by atoms with E-state index in [0.717, 1.165) is 5.56 Å². The fraction of sp³-hybridized carbons (Fsp3) is 0.208. The van der Waals surface area contributed by atoms with E-state index >= 15 is 0 Å². The Morgan fingerprint density at radius 1 is 1.32 bits per heavy atom. The number of pyridine rings is 1. The van der Waals surface area contributed by atoms with E-state index < -0.39 is 25.1 Å². The molecule has 1 aliphatic heterocycles. The van der Waals surface area contributed by atoms with Crippen molar-refractivity contribution in [3.63, 3.8) is 0 Å². The zero-order valence-corrected chi connectivity index (χ0v) is 19.0. The fourth-order valence-electron chi connectivity index (χ4n) is 3.88. The lowest BCUT2D eigenvalue weighted by Gasteiger charge is -2.35. The number of ketones is 1. The third kappa shape index (κ3) is 3.68. The molecule has 0 saturated heterocycles. The maximum atomic E-state index is 13.6. The number of rotatable bonds is 6. The predicted octanol–water partition coefficient (Wildman–Crippen LogP) is 4.17. The van der Waals surface area contributed by atoms with Crippen LogP contribution in [0.25, 0.3) is 11.0 Å². The van der Waals surface area contributed by atoms with Gasteiger partial charge in [-0.3, -0.25) is 9.59 Å². The van der Waals surface area contributed by atoms with E-state index in [4.69, 9.17) is 25.3 Å². The number of carbonyl (C=O) groups is 2. The van der Waals surface area contributed by atoms with Gasteiger partial charge in [-0.1, -0.05) is 11.6 Å². The number of fused-ring (bicyclic) bond motifs is 3. The first-order chi connectivity index (χ1) is 17.4. The molecule has 0 unspecified atom stereocenters. The molecule has 174 valence electrons. The Morgan fingerprint density at radius 2 is 2.18 bits per heavy atom. The molecule has 3 aromatic heterocycles. The van der Waals surface area contributed by atoms with E-state index in [1.54, 1.807) is 30.6 Å². The average Bonchev–Trinajstić information content (AvgIpc) is 3.44. The van der Waals surface area contributed by atoms with Crippen LogP contribution >= 0.6 is 11.6 Å². The van der Waals surface area contributed by atoms with E-state index in [-0.39, 0.29) is 21.9 Å². The number of benzene rings is 1. The third-order valence-electron chi connectivity index (χ3n) is 5.67. The summed E-state index contributed by atoms with van der Waals surface area (Å²) in [5.41, 5.74) is 1.26. The summed E-state index contributed by atoms with van der Waals surface area (Å²) in [5, 5.41) is 6.40. The summed E-state index contributed by atoms with van der Waals surface area (Å²) in [6, 6.07) is 6.65. The summed E-state index contributed by atoms with van der Waals surface area (Å²) in [4.78, 5) is 39.3. The Hall–Kier alpha value is -3.82. The van der Waals surface area contributed by atoms with E-state index in [2.05, 4.69) is 20.6 Å². The van der Waals surface area contributed by atoms with E-state index in [1.165, 1.54) is 24.0 Å². The van der Waals surface area contributed by atoms with Crippen molar-refractivity contribution in [3.05, 3.63) is 70.8 Å². The monoisotopic (exact) mass is 482 g/mol. The van der Waals surface area contributed by atoms with Crippen molar-refractivity contribution in [1.82, 2.24) is 14.7 Å². The van der Waals surface area contributed by atoms with Gasteiger partial charge >= 0.3 is 0 Å². The van der Waals surface area contributed by atoms with Crippen molar-refractivity contribution >= 4 is 45.7 Å². The van der Waals surface area contributed by atoms with Crippen LogP contribution in [0.15, 0.2) is 49.1 Å². The summed E-state index contributed by atoms with van der Waals surface area (Å²) >= 11 is 6.48.